The molecule has 2 aromatic carbocycles. The molecule has 0 amide bonds. The molecule has 0 spiro atoms. The van der Waals surface area contributed by atoms with Crippen LogP contribution in [0, 0.1) is 0 Å². The van der Waals surface area contributed by atoms with Crippen molar-refractivity contribution < 1.29 is 0 Å². The molecule has 3 rings (SSSR count). The van der Waals surface area contributed by atoms with Gasteiger partial charge in [0.25, 0.3) is 0 Å². The second kappa shape index (κ2) is 6.34. The summed E-state index contributed by atoms with van der Waals surface area (Å²) in [5.41, 5.74) is 0. The molecule has 1 nitrogen and oxygen atoms in total. The molecule has 0 heterocycles. The zero-order chi connectivity index (χ0) is 15.6. The molecule has 3 heteroatoms. The third-order valence-corrected chi connectivity index (χ3v) is 9.11. The Morgan fingerprint density at radius 3 is 1.82 bits per heavy atom. The van der Waals surface area contributed by atoms with E-state index in [4.69, 9.17) is 11.8 Å². The quantitative estimate of drug-likeness (QED) is 0.792. The molecular formula is C19H20NPS. The van der Waals surface area contributed by atoms with E-state index in [-0.39, 0.29) is 6.04 Å². The van der Waals surface area contributed by atoms with E-state index in [1.54, 1.807) is 0 Å². The summed E-state index contributed by atoms with van der Waals surface area (Å²) in [5, 5.41) is 3.88. The van der Waals surface area contributed by atoms with Crippen LogP contribution in [0.1, 0.15) is 0 Å². The van der Waals surface area contributed by atoms with Gasteiger partial charge in [-0.25, -0.2) is 0 Å². The molecule has 2 aromatic rings. The van der Waals surface area contributed by atoms with Gasteiger partial charge in [0.05, 0.1) is 6.04 Å². The van der Waals surface area contributed by atoms with E-state index in [0.717, 1.165) is 0 Å². The maximum absolute atomic E-state index is 6.37. The van der Waals surface area contributed by atoms with E-state index in [0.29, 0.717) is 0 Å². The van der Waals surface area contributed by atoms with Gasteiger partial charge in [-0.3, -0.25) is 4.90 Å². The lowest BCUT2D eigenvalue weighted by Crippen LogP contribution is -2.30. The second-order valence-electron chi connectivity index (χ2n) is 5.67. The van der Waals surface area contributed by atoms with E-state index in [1.165, 1.54) is 15.9 Å². The molecule has 22 heavy (non-hydrogen) atoms. The van der Waals surface area contributed by atoms with Crippen LogP contribution in [0.2, 0.25) is 0 Å². The minimum atomic E-state index is -1.99. The Kier molecular flexibility index (Phi) is 4.44. The summed E-state index contributed by atoms with van der Waals surface area (Å²) in [4.78, 5) is 2.24. The van der Waals surface area contributed by atoms with Crippen LogP contribution in [-0.4, -0.2) is 25.0 Å². The van der Waals surface area contributed by atoms with Crippen molar-refractivity contribution in [2.24, 2.45) is 0 Å². The third-order valence-electron chi connectivity index (χ3n) is 4.02. The van der Waals surface area contributed by atoms with Crippen LogP contribution in [0.3, 0.4) is 0 Å². The Balaban J connectivity index is 2.20. The first-order chi connectivity index (χ1) is 10.6. The number of nitrogens with zero attached hydrogens (tertiary/aromatic N) is 1. The second-order valence-corrected chi connectivity index (χ2v) is 10.1. The largest absolute Gasteiger partial charge is 0.299 e. The van der Waals surface area contributed by atoms with Gasteiger partial charge in [-0.1, -0.05) is 90.7 Å². The van der Waals surface area contributed by atoms with Gasteiger partial charge in [0, 0.05) is 6.04 Å². The summed E-state index contributed by atoms with van der Waals surface area (Å²) in [6.45, 7) is 0. The summed E-state index contributed by atoms with van der Waals surface area (Å²) in [7, 11) is 4.23. The van der Waals surface area contributed by atoms with E-state index < -0.39 is 6.04 Å². The number of allylic oxidation sites excluding steroid dienone is 2. The van der Waals surface area contributed by atoms with Crippen LogP contribution in [-0.2, 0) is 11.8 Å². The van der Waals surface area contributed by atoms with E-state index >= 15 is 0 Å². The van der Waals surface area contributed by atoms with Crippen molar-refractivity contribution in [3.05, 3.63) is 84.2 Å². The summed E-state index contributed by atoms with van der Waals surface area (Å²) < 4.78 is 0. The molecule has 1 aliphatic carbocycles. The molecule has 0 bridgehead atoms. The van der Waals surface area contributed by atoms with Gasteiger partial charge in [0.2, 0.25) is 0 Å². The number of benzene rings is 2. The Bertz CT molecular complexity index is 704. The lowest BCUT2D eigenvalue weighted by atomic mass is 10.3. The predicted octanol–water partition coefficient (Wildman–Crippen LogP) is 3.50. The van der Waals surface area contributed by atoms with Crippen molar-refractivity contribution >= 4 is 28.5 Å². The van der Waals surface area contributed by atoms with Gasteiger partial charge < -0.3 is 0 Å². The molecular weight excluding hydrogens is 305 g/mol. The first-order valence-electron chi connectivity index (χ1n) is 7.40. The minimum Gasteiger partial charge on any atom is -0.299 e. The summed E-state index contributed by atoms with van der Waals surface area (Å²) in [5.74, 6) is 0. The smallest absolute Gasteiger partial charge is 0.0547 e. The summed E-state index contributed by atoms with van der Waals surface area (Å²) >= 11 is 6.37. The Hall–Kier alpha value is -1.47. The maximum atomic E-state index is 6.37. The number of hydrogen-bond acceptors (Lipinski definition) is 2. The van der Waals surface area contributed by atoms with Gasteiger partial charge in [-0.15, -0.1) is 0 Å². The van der Waals surface area contributed by atoms with Gasteiger partial charge in [0.15, 0.2) is 0 Å². The van der Waals surface area contributed by atoms with E-state index in [2.05, 4.69) is 97.9 Å². The van der Waals surface area contributed by atoms with E-state index in [1.807, 2.05) is 0 Å². The molecule has 0 N–H and O–H groups in total. The highest BCUT2D eigenvalue weighted by Gasteiger charge is 2.33. The van der Waals surface area contributed by atoms with Crippen molar-refractivity contribution in [3.63, 3.8) is 0 Å². The highest BCUT2D eigenvalue weighted by Crippen LogP contribution is 2.55. The van der Waals surface area contributed by atoms with E-state index in [9.17, 15) is 0 Å². The highest BCUT2D eigenvalue weighted by molar-refractivity contribution is 8.24. The Morgan fingerprint density at radius 2 is 1.36 bits per heavy atom. The van der Waals surface area contributed by atoms with Crippen molar-refractivity contribution in [3.8, 4) is 0 Å². The average molecular weight is 325 g/mol. The normalized spacial score (nSPS) is 17.8. The molecule has 0 radical (unpaired) electrons. The molecule has 112 valence electrons. The van der Waals surface area contributed by atoms with Crippen molar-refractivity contribution in [2.45, 2.75) is 6.04 Å². The third kappa shape index (κ3) is 2.63. The molecule has 0 aromatic heterocycles. The maximum Gasteiger partial charge on any atom is 0.0547 e. The lowest BCUT2D eigenvalue weighted by Gasteiger charge is -2.32. The standard InChI is InChI=1S/C19H20NPS/c1-20(2)18-14-9-15-19(18)21(22,16-10-5-3-6-11-16)17-12-7-4-8-13-17/h3-15,18H,1-2H3. The fraction of sp³-hybridized carbons (Fsp3) is 0.158. The summed E-state index contributed by atoms with van der Waals surface area (Å²) in [6, 6.07) is 19.5. The average Bonchev–Trinajstić information content (AvgIpc) is 3.06. The van der Waals surface area contributed by atoms with Crippen LogP contribution in [0.25, 0.3) is 0 Å². The fourth-order valence-electron chi connectivity index (χ4n) is 2.91. The Labute approximate surface area is 138 Å². The van der Waals surface area contributed by atoms with Gasteiger partial charge >= 0.3 is 0 Å². The van der Waals surface area contributed by atoms with Crippen LogP contribution >= 0.6 is 6.04 Å². The predicted molar refractivity (Wildman–Crippen MR) is 101 cm³/mol. The fourth-order valence-corrected chi connectivity index (χ4v) is 7.21. The van der Waals surface area contributed by atoms with Gasteiger partial charge in [-0.05, 0) is 30.0 Å². The monoisotopic (exact) mass is 325 g/mol. The Morgan fingerprint density at radius 1 is 0.864 bits per heavy atom. The van der Waals surface area contributed by atoms with Crippen LogP contribution in [0.4, 0.5) is 0 Å². The first kappa shape index (κ1) is 15.4. The molecule has 1 aliphatic rings. The molecule has 0 saturated carbocycles. The first-order valence-corrected chi connectivity index (χ1v) is 10.2. The number of likely N-dealkylation sites (N-methyl/N-ethyl adjacent to an activating group) is 1. The van der Waals surface area contributed by atoms with Crippen molar-refractivity contribution in [1.82, 2.24) is 4.90 Å². The zero-order valence-corrected chi connectivity index (χ0v) is 14.6. The van der Waals surface area contributed by atoms with Crippen LogP contribution in [0.15, 0.2) is 84.2 Å². The molecule has 1 atom stereocenters. The lowest BCUT2D eigenvalue weighted by molar-refractivity contribution is 0.390. The zero-order valence-electron chi connectivity index (χ0n) is 12.9. The number of rotatable bonds is 4. The van der Waals surface area contributed by atoms with Crippen molar-refractivity contribution in [1.29, 1.82) is 0 Å². The van der Waals surface area contributed by atoms with Crippen LogP contribution < -0.4 is 10.6 Å². The van der Waals surface area contributed by atoms with Crippen molar-refractivity contribution in [2.75, 3.05) is 14.1 Å². The molecule has 0 aliphatic heterocycles. The molecule has 1 unspecified atom stereocenters. The van der Waals surface area contributed by atoms with Crippen LogP contribution in [0.5, 0.6) is 0 Å². The SMILES string of the molecule is CN(C)C1C=CC=C1P(=S)(c1ccccc1)c1ccccc1. The van der Waals surface area contributed by atoms with Gasteiger partial charge in [0.1, 0.15) is 0 Å². The van der Waals surface area contributed by atoms with Gasteiger partial charge in [-0.2, -0.15) is 0 Å². The highest BCUT2D eigenvalue weighted by atomic mass is 32.4. The molecule has 0 fully saturated rings. The minimum absolute atomic E-state index is 0.284. The number of hydrogen-bond donors (Lipinski definition) is 0. The summed E-state index contributed by atoms with van der Waals surface area (Å²) in [6.07, 6.45) is 6.61. The topological polar surface area (TPSA) is 3.24 Å². The molecule has 0 saturated heterocycles.